The summed E-state index contributed by atoms with van der Waals surface area (Å²) in [4.78, 5) is 14.4. The molecule has 2 rings (SSSR count). The molecule has 1 fully saturated rings. The van der Waals surface area contributed by atoms with Crippen molar-refractivity contribution in [1.82, 2.24) is 10.2 Å². The van der Waals surface area contributed by atoms with E-state index in [9.17, 15) is 4.79 Å². The van der Waals surface area contributed by atoms with E-state index in [1.54, 1.807) is 16.2 Å². The first-order valence-corrected chi connectivity index (χ1v) is 6.70. The molecule has 1 saturated heterocycles. The van der Waals surface area contributed by atoms with Crippen LogP contribution in [0.4, 0.5) is 4.79 Å². The Hall–Kier alpha value is -0.880. The van der Waals surface area contributed by atoms with Crippen LogP contribution in [0.15, 0.2) is 15.9 Å². The van der Waals surface area contributed by atoms with Crippen LogP contribution in [-0.2, 0) is 0 Å². The molecule has 1 unspecified atom stereocenters. The number of hydrogen-bond donors (Lipinski definition) is 2. The smallest absolute Gasteiger partial charge is 0.309 e. The summed E-state index contributed by atoms with van der Waals surface area (Å²) >= 11 is 4.95. The summed E-state index contributed by atoms with van der Waals surface area (Å²) in [7, 11) is 0. The van der Waals surface area contributed by atoms with Gasteiger partial charge in [-0.3, -0.25) is 10.7 Å². The average molecular weight is 302 g/mol. The number of carbonyl (C=O) groups excluding carboxylic acids is 1. The predicted molar refractivity (Wildman–Crippen MR) is 68.0 cm³/mol. The van der Waals surface area contributed by atoms with Gasteiger partial charge in [-0.25, -0.2) is 4.79 Å². The summed E-state index contributed by atoms with van der Waals surface area (Å²) in [5.74, 6) is 0.271. The lowest BCUT2D eigenvalue weighted by Crippen LogP contribution is -2.30. The van der Waals surface area contributed by atoms with Crippen molar-refractivity contribution in [3.63, 3.8) is 0 Å². The number of urea groups is 1. The Morgan fingerprint density at radius 3 is 3.00 bits per heavy atom. The van der Waals surface area contributed by atoms with E-state index in [1.165, 1.54) is 0 Å². The molecule has 6 heteroatoms. The van der Waals surface area contributed by atoms with Crippen molar-refractivity contribution in [3.8, 4) is 0 Å². The Kier molecular flexibility index (Phi) is 3.30. The molecule has 2 amide bonds. The molecule has 0 spiro atoms. The van der Waals surface area contributed by atoms with Crippen LogP contribution < -0.4 is 5.32 Å². The topological polar surface area (TPSA) is 56.2 Å². The van der Waals surface area contributed by atoms with E-state index >= 15 is 0 Å². The molecule has 1 aromatic heterocycles. The van der Waals surface area contributed by atoms with Crippen molar-refractivity contribution in [3.05, 3.63) is 20.8 Å². The lowest BCUT2D eigenvalue weighted by molar-refractivity contribution is 0.206. The molecule has 4 nitrogen and oxygen atoms in total. The second-order valence-corrected chi connectivity index (χ2v) is 5.47. The number of nitrogens with one attached hydrogen (secondary N) is 2. The monoisotopic (exact) mass is 301 g/mol. The molecule has 2 N–H and O–H groups in total. The molecule has 0 radical (unpaired) electrons. The highest BCUT2D eigenvalue weighted by atomic mass is 79.9. The third-order valence-corrected chi connectivity index (χ3v) is 4.16. The van der Waals surface area contributed by atoms with Gasteiger partial charge in [-0.1, -0.05) is 6.92 Å². The van der Waals surface area contributed by atoms with E-state index in [1.807, 2.05) is 18.4 Å². The maximum Gasteiger partial charge on any atom is 0.323 e. The zero-order valence-electron chi connectivity index (χ0n) is 8.79. The molecular weight excluding hydrogens is 290 g/mol. The van der Waals surface area contributed by atoms with E-state index in [0.29, 0.717) is 6.54 Å². The Labute approximate surface area is 106 Å². The largest absolute Gasteiger partial charge is 0.323 e. The third kappa shape index (κ3) is 1.99. The van der Waals surface area contributed by atoms with Gasteiger partial charge in [0.1, 0.15) is 11.9 Å². The predicted octanol–water partition coefficient (Wildman–Crippen LogP) is 2.96. The number of rotatable bonds is 3. The number of amides is 2. The zero-order chi connectivity index (χ0) is 11.7. The van der Waals surface area contributed by atoms with Gasteiger partial charge in [-0.15, -0.1) is 11.3 Å². The van der Waals surface area contributed by atoms with Crippen LogP contribution in [0.1, 0.15) is 24.3 Å². The number of nitrogens with zero attached hydrogens (tertiary/aromatic N) is 1. The fourth-order valence-corrected chi connectivity index (χ4v) is 3.33. The van der Waals surface area contributed by atoms with Gasteiger partial charge >= 0.3 is 6.03 Å². The zero-order valence-corrected chi connectivity index (χ0v) is 11.2. The van der Waals surface area contributed by atoms with Gasteiger partial charge in [-0.2, -0.15) is 0 Å². The SMILES string of the molecule is CCCN1C(=O)NC(=N)C1c1cc(Br)cs1. The molecule has 2 heterocycles. The van der Waals surface area contributed by atoms with E-state index in [2.05, 4.69) is 21.2 Å². The highest BCUT2D eigenvalue weighted by Crippen LogP contribution is 2.32. The van der Waals surface area contributed by atoms with Crippen molar-refractivity contribution >= 4 is 39.1 Å². The molecular formula is C10H12BrN3OS. The molecule has 1 aliphatic heterocycles. The summed E-state index contributed by atoms with van der Waals surface area (Å²) in [5.41, 5.74) is 0. The lowest BCUT2D eigenvalue weighted by Gasteiger charge is -2.20. The van der Waals surface area contributed by atoms with Crippen molar-refractivity contribution in [2.45, 2.75) is 19.4 Å². The molecule has 0 aliphatic carbocycles. The van der Waals surface area contributed by atoms with Crippen LogP contribution in [0.25, 0.3) is 0 Å². The van der Waals surface area contributed by atoms with Crippen LogP contribution in [0.2, 0.25) is 0 Å². The number of thiophene rings is 1. The van der Waals surface area contributed by atoms with Crippen molar-refractivity contribution < 1.29 is 4.79 Å². The summed E-state index contributed by atoms with van der Waals surface area (Å²) in [6.07, 6.45) is 0.893. The van der Waals surface area contributed by atoms with E-state index < -0.39 is 0 Å². The van der Waals surface area contributed by atoms with Gasteiger partial charge in [0.2, 0.25) is 0 Å². The van der Waals surface area contributed by atoms with Crippen LogP contribution in [-0.4, -0.2) is 23.3 Å². The van der Waals surface area contributed by atoms with E-state index in [-0.39, 0.29) is 17.9 Å². The second kappa shape index (κ2) is 4.55. The minimum atomic E-state index is -0.233. The fourth-order valence-electron chi connectivity index (χ4n) is 1.77. The van der Waals surface area contributed by atoms with Gasteiger partial charge in [0.05, 0.1) is 0 Å². The van der Waals surface area contributed by atoms with Crippen LogP contribution in [0.5, 0.6) is 0 Å². The average Bonchev–Trinajstić information content (AvgIpc) is 2.73. The fraction of sp³-hybridized carbons (Fsp3) is 0.400. The first-order chi connectivity index (χ1) is 7.63. The molecule has 0 aromatic carbocycles. The normalized spacial score (nSPS) is 20.4. The van der Waals surface area contributed by atoms with Gasteiger partial charge in [0.15, 0.2) is 0 Å². The molecule has 16 heavy (non-hydrogen) atoms. The Balaban J connectivity index is 2.30. The summed E-state index contributed by atoms with van der Waals surface area (Å²) < 4.78 is 0.996. The number of amidine groups is 1. The highest BCUT2D eigenvalue weighted by Gasteiger charge is 2.36. The van der Waals surface area contributed by atoms with Gasteiger partial charge in [-0.05, 0) is 28.4 Å². The molecule has 86 valence electrons. The Morgan fingerprint density at radius 2 is 2.44 bits per heavy atom. The van der Waals surface area contributed by atoms with Crippen molar-refractivity contribution in [1.29, 1.82) is 5.41 Å². The van der Waals surface area contributed by atoms with Crippen LogP contribution in [0, 0.1) is 5.41 Å². The van der Waals surface area contributed by atoms with Crippen molar-refractivity contribution in [2.24, 2.45) is 0 Å². The highest BCUT2D eigenvalue weighted by molar-refractivity contribution is 9.10. The van der Waals surface area contributed by atoms with Crippen LogP contribution in [0.3, 0.4) is 0 Å². The lowest BCUT2D eigenvalue weighted by atomic mass is 10.2. The Bertz CT molecular complexity index is 431. The number of carbonyl (C=O) groups is 1. The molecule has 1 atom stereocenters. The molecule has 1 aromatic rings. The first-order valence-electron chi connectivity index (χ1n) is 5.03. The van der Waals surface area contributed by atoms with Crippen molar-refractivity contribution in [2.75, 3.05) is 6.54 Å². The standard InChI is InChI=1S/C10H12BrN3OS/c1-2-3-14-8(9(12)13-10(14)15)7-4-6(11)5-16-7/h4-5,8H,2-3H2,1H3,(H2,12,13,15). The maximum atomic E-state index is 11.6. The maximum absolute atomic E-state index is 11.6. The number of halogens is 1. The number of hydrogen-bond acceptors (Lipinski definition) is 3. The van der Waals surface area contributed by atoms with Gasteiger partial charge < -0.3 is 4.90 Å². The summed E-state index contributed by atoms with van der Waals surface area (Å²) in [6.45, 7) is 2.70. The first kappa shape index (κ1) is 11.6. The minimum absolute atomic E-state index is 0.165. The molecule has 0 saturated carbocycles. The molecule has 1 aliphatic rings. The van der Waals surface area contributed by atoms with Gasteiger partial charge in [0, 0.05) is 21.3 Å². The minimum Gasteiger partial charge on any atom is -0.309 e. The molecule has 0 bridgehead atoms. The van der Waals surface area contributed by atoms with Gasteiger partial charge in [0.25, 0.3) is 0 Å². The summed E-state index contributed by atoms with van der Waals surface area (Å²) in [5, 5.41) is 12.3. The van der Waals surface area contributed by atoms with Crippen LogP contribution >= 0.6 is 27.3 Å². The van der Waals surface area contributed by atoms with E-state index in [0.717, 1.165) is 15.8 Å². The van der Waals surface area contributed by atoms with E-state index in [4.69, 9.17) is 5.41 Å². The second-order valence-electron chi connectivity index (χ2n) is 3.61. The third-order valence-electron chi connectivity index (χ3n) is 2.41. The quantitative estimate of drug-likeness (QED) is 0.886. The Morgan fingerprint density at radius 1 is 1.69 bits per heavy atom. The summed E-state index contributed by atoms with van der Waals surface area (Å²) in [6, 6.07) is 1.57.